The van der Waals surface area contributed by atoms with Crippen molar-refractivity contribution in [2.75, 3.05) is 26.3 Å². The number of benzene rings is 2. The quantitative estimate of drug-likeness (QED) is 0.876. The lowest BCUT2D eigenvalue weighted by Crippen LogP contribution is -2.36. The lowest BCUT2D eigenvalue weighted by atomic mass is 9.95. The summed E-state index contributed by atoms with van der Waals surface area (Å²) < 4.78 is 11.0. The molecular weight excluding hydrogens is 346 g/mol. The van der Waals surface area contributed by atoms with Gasteiger partial charge in [-0.05, 0) is 23.6 Å². The number of carboxylic acids is 1. The van der Waals surface area contributed by atoms with Gasteiger partial charge in [0, 0.05) is 19.0 Å². The minimum Gasteiger partial charge on any atom is -0.478 e. The smallest absolute Gasteiger partial charge is 0.410 e. The Labute approximate surface area is 158 Å². The minimum absolute atomic E-state index is 0.0114. The fourth-order valence-corrected chi connectivity index (χ4v) is 3.20. The number of nitrogens with zero attached hydrogens (tertiary/aromatic N) is 1. The summed E-state index contributed by atoms with van der Waals surface area (Å²) in [5, 5.41) is 9.35. The van der Waals surface area contributed by atoms with Crippen molar-refractivity contribution in [2.24, 2.45) is 5.92 Å². The molecule has 1 heterocycles. The van der Waals surface area contributed by atoms with E-state index >= 15 is 0 Å². The summed E-state index contributed by atoms with van der Waals surface area (Å²) in [6.07, 6.45) is 0.158. The SMILES string of the molecule is O=C(O)c1ccccc1CC1COCCN(C(=O)OCc2ccccc2)C1. The first-order chi connectivity index (χ1) is 13.1. The zero-order valence-corrected chi connectivity index (χ0v) is 15.0. The first-order valence-electron chi connectivity index (χ1n) is 8.98. The van der Waals surface area contributed by atoms with Crippen molar-refractivity contribution < 1.29 is 24.2 Å². The van der Waals surface area contributed by atoms with Crippen LogP contribution in [0, 0.1) is 5.92 Å². The van der Waals surface area contributed by atoms with Crippen LogP contribution in [0.5, 0.6) is 0 Å². The third-order valence-electron chi connectivity index (χ3n) is 4.56. The highest BCUT2D eigenvalue weighted by atomic mass is 16.6. The monoisotopic (exact) mass is 369 g/mol. The van der Waals surface area contributed by atoms with Crippen LogP contribution in [0.25, 0.3) is 0 Å². The number of carbonyl (C=O) groups is 2. The lowest BCUT2D eigenvalue weighted by Gasteiger charge is -2.23. The van der Waals surface area contributed by atoms with E-state index in [4.69, 9.17) is 9.47 Å². The van der Waals surface area contributed by atoms with Gasteiger partial charge in [0.25, 0.3) is 0 Å². The normalized spacial score (nSPS) is 17.2. The fourth-order valence-electron chi connectivity index (χ4n) is 3.20. The van der Waals surface area contributed by atoms with Gasteiger partial charge in [-0.15, -0.1) is 0 Å². The molecule has 1 fully saturated rings. The maximum atomic E-state index is 12.5. The molecule has 1 saturated heterocycles. The lowest BCUT2D eigenvalue weighted by molar-refractivity contribution is 0.0694. The summed E-state index contributed by atoms with van der Waals surface area (Å²) in [4.78, 5) is 25.5. The zero-order chi connectivity index (χ0) is 19.1. The molecule has 2 aromatic rings. The van der Waals surface area contributed by atoms with Gasteiger partial charge in [-0.1, -0.05) is 48.5 Å². The third-order valence-corrected chi connectivity index (χ3v) is 4.56. The highest BCUT2D eigenvalue weighted by Gasteiger charge is 2.25. The van der Waals surface area contributed by atoms with E-state index in [-0.39, 0.29) is 18.6 Å². The van der Waals surface area contributed by atoms with E-state index in [0.717, 1.165) is 11.1 Å². The molecule has 1 atom stereocenters. The molecule has 27 heavy (non-hydrogen) atoms. The van der Waals surface area contributed by atoms with Crippen LogP contribution < -0.4 is 0 Å². The number of aromatic carboxylic acids is 1. The van der Waals surface area contributed by atoms with E-state index in [1.54, 1.807) is 17.0 Å². The van der Waals surface area contributed by atoms with E-state index in [1.165, 1.54) is 0 Å². The Morgan fingerprint density at radius 2 is 1.85 bits per heavy atom. The first-order valence-corrected chi connectivity index (χ1v) is 8.98. The third kappa shape index (κ3) is 5.31. The van der Waals surface area contributed by atoms with Crippen molar-refractivity contribution in [2.45, 2.75) is 13.0 Å². The maximum absolute atomic E-state index is 12.5. The van der Waals surface area contributed by atoms with Gasteiger partial charge in [0.05, 0.1) is 18.8 Å². The van der Waals surface area contributed by atoms with Crippen molar-refractivity contribution in [3.8, 4) is 0 Å². The summed E-state index contributed by atoms with van der Waals surface area (Å²) in [6.45, 7) is 2.09. The molecule has 1 amide bonds. The molecule has 0 radical (unpaired) electrons. The molecule has 6 nitrogen and oxygen atoms in total. The molecule has 1 unspecified atom stereocenters. The van der Waals surface area contributed by atoms with Gasteiger partial charge in [-0.2, -0.15) is 0 Å². The van der Waals surface area contributed by atoms with Crippen LogP contribution >= 0.6 is 0 Å². The van der Waals surface area contributed by atoms with Crippen molar-refractivity contribution in [1.29, 1.82) is 0 Å². The summed E-state index contributed by atoms with van der Waals surface area (Å²) in [7, 11) is 0. The largest absolute Gasteiger partial charge is 0.478 e. The predicted octanol–water partition coefficient (Wildman–Crippen LogP) is 3.21. The van der Waals surface area contributed by atoms with E-state index in [9.17, 15) is 14.7 Å². The summed E-state index contributed by atoms with van der Waals surface area (Å²) in [5.74, 6) is -0.934. The molecule has 3 rings (SSSR count). The number of amides is 1. The average molecular weight is 369 g/mol. The van der Waals surface area contributed by atoms with Crippen LogP contribution in [0.1, 0.15) is 21.5 Å². The maximum Gasteiger partial charge on any atom is 0.410 e. The van der Waals surface area contributed by atoms with Crippen LogP contribution in [-0.4, -0.2) is 48.4 Å². The Kier molecular flexibility index (Phi) is 6.44. The van der Waals surface area contributed by atoms with Crippen LogP contribution in [0.2, 0.25) is 0 Å². The molecule has 1 aliphatic heterocycles. The van der Waals surface area contributed by atoms with Crippen LogP contribution in [0.4, 0.5) is 4.79 Å². The van der Waals surface area contributed by atoms with Gasteiger partial charge in [0.1, 0.15) is 6.61 Å². The summed E-state index contributed by atoms with van der Waals surface area (Å²) >= 11 is 0. The second-order valence-electron chi connectivity index (χ2n) is 6.59. The molecule has 1 N–H and O–H groups in total. The first kappa shape index (κ1) is 18.9. The average Bonchev–Trinajstić information content (AvgIpc) is 2.93. The molecule has 2 aromatic carbocycles. The standard InChI is InChI=1S/C21H23NO5/c23-20(24)19-9-5-4-8-18(19)12-17-13-22(10-11-26-14-17)21(25)27-15-16-6-2-1-3-7-16/h1-9,17H,10-15H2,(H,23,24). The summed E-state index contributed by atoms with van der Waals surface area (Å²) in [5.41, 5.74) is 1.97. The Balaban J connectivity index is 1.61. The van der Waals surface area contributed by atoms with Crippen molar-refractivity contribution >= 4 is 12.1 Å². The Hall–Kier alpha value is -2.86. The van der Waals surface area contributed by atoms with Gasteiger partial charge >= 0.3 is 12.1 Å². The van der Waals surface area contributed by atoms with Crippen LogP contribution in [0.3, 0.4) is 0 Å². The number of rotatable bonds is 5. The molecule has 0 aliphatic carbocycles. The molecule has 0 bridgehead atoms. The van der Waals surface area contributed by atoms with E-state index in [2.05, 4.69) is 0 Å². The van der Waals surface area contributed by atoms with Crippen molar-refractivity contribution in [3.63, 3.8) is 0 Å². The van der Waals surface area contributed by atoms with E-state index in [1.807, 2.05) is 42.5 Å². The number of carboxylic acid groups (broad SMARTS) is 1. The molecule has 142 valence electrons. The van der Waals surface area contributed by atoms with Gasteiger partial charge in [0.2, 0.25) is 0 Å². The Morgan fingerprint density at radius 3 is 2.63 bits per heavy atom. The molecule has 1 aliphatic rings. The zero-order valence-electron chi connectivity index (χ0n) is 15.0. The Bertz CT molecular complexity index is 777. The molecule has 0 spiro atoms. The van der Waals surface area contributed by atoms with E-state index in [0.29, 0.717) is 38.3 Å². The number of carbonyl (C=O) groups excluding carboxylic acids is 1. The highest BCUT2D eigenvalue weighted by Crippen LogP contribution is 2.18. The second-order valence-corrected chi connectivity index (χ2v) is 6.59. The van der Waals surface area contributed by atoms with Gasteiger partial charge in [0.15, 0.2) is 0 Å². The van der Waals surface area contributed by atoms with E-state index < -0.39 is 5.97 Å². The van der Waals surface area contributed by atoms with Crippen LogP contribution in [0.15, 0.2) is 54.6 Å². The van der Waals surface area contributed by atoms with Crippen molar-refractivity contribution in [3.05, 3.63) is 71.3 Å². The second kappa shape index (κ2) is 9.19. The predicted molar refractivity (Wildman–Crippen MR) is 99.6 cm³/mol. The minimum atomic E-state index is -0.945. The topological polar surface area (TPSA) is 76.1 Å². The summed E-state index contributed by atoms with van der Waals surface area (Å²) in [6, 6.07) is 16.5. The molecule has 0 saturated carbocycles. The number of ether oxygens (including phenoxy) is 2. The molecule has 0 aromatic heterocycles. The fraction of sp³-hybridized carbons (Fsp3) is 0.333. The number of hydrogen-bond acceptors (Lipinski definition) is 4. The van der Waals surface area contributed by atoms with Crippen molar-refractivity contribution in [1.82, 2.24) is 4.90 Å². The highest BCUT2D eigenvalue weighted by molar-refractivity contribution is 5.89. The molecule has 6 heteroatoms. The van der Waals surface area contributed by atoms with Gasteiger partial charge in [-0.3, -0.25) is 0 Å². The van der Waals surface area contributed by atoms with Gasteiger partial charge < -0.3 is 19.5 Å². The number of hydrogen-bond donors (Lipinski definition) is 1. The van der Waals surface area contributed by atoms with Gasteiger partial charge in [-0.25, -0.2) is 9.59 Å². The molecular formula is C21H23NO5. The Morgan fingerprint density at radius 1 is 1.11 bits per heavy atom. The van der Waals surface area contributed by atoms with Crippen LogP contribution in [-0.2, 0) is 22.5 Å².